The van der Waals surface area contributed by atoms with Crippen molar-refractivity contribution in [1.29, 1.82) is 0 Å². The number of hydrogen-bond donors (Lipinski definition) is 2. The van der Waals surface area contributed by atoms with E-state index in [1.54, 1.807) is 22.6 Å². The number of hydrogen-bond acceptors (Lipinski definition) is 6. The van der Waals surface area contributed by atoms with Crippen LogP contribution in [0.1, 0.15) is 64.3 Å². The number of quaternary nitrogens is 1. The molecule has 0 bridgehead atoms. The maximum absolute atomic E-state index is 6.19. The van der Waals surface area contributed by atoms with Gasteiger partial charge in [-0.3, -0.25) is 0 Å². The normalized spacial score (nSPS) is 15.7. The van der Waals surface area contributed by atoms with Gasteiger partial charge in [-0.05, 0) is 46.1 Å². The molecule has 4 heterocycles. The first kappa shape index (κ1) is 22.4. The molecule has 0 aromatic carbocycles. The van der Waals surface area contributed by atoms with Gasteiger partial charge in [0.25, 0.3) is 0 Å². The molecule has 0 spiro atoms. The van der Waals surface area contributed by atoms with Crippen LogP contribution in [-0.2, 0) is 24.2 Å². The number of fused-ring (bicyclic) bond motifs is 5. The average Bonchev–Trinajstić information content (AvgIpc) is 3.13. The largest absolute Gasteiger partial charge is 0.370 e. The van der Waals surface area contributed by atoms with Gasteiger partial charge in [-0.2, -0.15) is 0 Å². The van der Waals surface area contributed by atoms with E-state index in [4.69, 9.17) is 14.7 Å². The van der Waals surface area contributed by atoms with Gasteiger partial charge >= 0.3 is 0 Å². The Morgan fingerprint density at radius 3 is 2.71 bits per heavy atom. The fourth-order valence-corrected chi connectivity index (χ4v) is 5.66. The first-order valence-electron chi connectivity index (χ1n) is 11.8. The topological polar surface area (TPSA) is 64.4 Å². The van der Waals surface area contributed by atoms with Crippen molar-refractivity contribution in [3.63, 3.8) is 0 Å². The first-order chi connectivity index (χ1) is 15.0. The van der Waals surface area contributed by atoms with E-state index in [0.29, 0.717) is 6.61 Å². The third kappa shape index (κ3) is 4.54. The molecule has 31 heavy (non-hydrogen) atoms. The van der Waals surface area contributed by atoms with Crippen molar-refractivity contribution in [2.24, 2.45) is 0 Å². The van der Waals surface area contributed by atoms with Crippen molar-refractivity contribution in [3.8, 4) is 0 Å². The van der Waals surface area contributed by atoms with Gasteiger partial charge in [-0.25, -0.2) is 15.0 Å². The molecular formula is C24H36N5OS+. The highest BCUT2D eigenvalue weighted by atomic mass is 32.1. The highest BCUT2D eigenvalue weighted by Crippen LogP contribution is 2.42. The smallest absolute Gasteiger partial charge is 0.147 e. The van der Waals surface area contributed by atoms with E-state index < -0.39 is 0 Å². The van der Waals surface area contributed by atoms with Gasteiger partial charge in [0.1, 0.15) is 17.0 Å². The van der Waals surface area contributed by atoms with Gasteiger partial charge in [0.05, 0.1) is 48.6 Å². The average molecular weight is 443 g/mol. The molecule has 3 aromatic heterocycles. The van der Waals surface area contributed by atoms with Crippen LogP contribution in [0, 0.1) is 0 Å². The van der Waals surface area contributed by atoms with E-state index in [1.165, 1.54) is 28.6 Å². The zero-order valence-corrected chi connectivity index (χ0v) is 20.4. The van der Waals surface area contributed by atoms with E-state index in [2.05, 4.69) is 44.9 Å². The minimum absolute atomic E-state index is 0.168. The predicted molar refractivity (Wildman–Crippen MR) is 129 cm³/mol. The quantitative estimate of drug-likeness (QED) is 0.528. The minimum atomic E-state index is -0.168. The zero-order chi connectivity index (χ0) is 22.0. The molecule has 3 aromatic rings. The molecule has 0 radical (unpaired) electrons. The van der Waals surface area contributed by atoms with E-state index in [0.717, 1.165) is 66.3 Å². The summed E-state index contributed by atoms with van der Waals surface area (Å²) in [6.45, 7) is 16.0. The fourth-order valence-electron chi connectivity index (χ4n) is 4.51. The van der Waals surface area contributed by atoms with Crippen LogP contribution in [0.4, 0.5) is 5.82 Å². The number of nitrogens with one attached hydrogen (secondary N) is 2. The molecule has 7 heteroatoms. The summed E-state index contributed by atoms with van der Waals surface area (Å²) in [5.74, 6) is 0.940. The van der Waals surface area contributed by atoms with Gasteiger partial charge < -0.3 is 15.0 Å². The number of thiophene rings is 1. The molecule has 0 atom stereocenters. The second-order valence-electron chi connectivity index (χ2n) is 9.16. The molecule has 6 nitrogen and oxygen atoms in total. The highest BCUT2D eigenvalue weighted by Gasteiger charge is 2.31. The summed E-state index contributed by atoms with van der Waals surface area (Å²) in [5.41, 5.74) is 4.75. The standard InChI is InChI=1S/C24H35N5OS/c1-6-9-10-18-17-14-30-24(4,5)13-16(17)19-20-21(31-23(19)28-18)22(27-15-26-20)25-11-12-29(7-2)8-3/h15H,6-14H2,1-5H3,(H,25,26,27)/p+1. The first-order valence-corrected chi connectivity index (χ1v) is 12.6. The summed E-state index contributed by atoms with van der Waals surface area (Å²) in [6, 6.07) is 0. The molecule has 0 unspecified atom stereocenters. The van der Waals surface area contributed by atoms with Crippen molar-refractivity contribution < 1.29 is 9.64 Å². The Balaban J connectivity index is 1.78. The number of nitrogens with zero attached hydrogens (tertiary/aromatic N) is 3. The zero-order valence-electron chi connectivity index (χ0n) is 19.6. The SMILES string of the molecule is CCCCc1nc2sc3c(NCC[NH+](CC)CC)ncnc3c2c2c1COC(C)(C)C2. The summed E-state index contributed by atoms with van der Waals surface area (Å²) in [5, 5.41) is 4.79. The number of ether oxygens (including phenoxy) is 1. The molecule has 168 valence electrons. The molecule has 0 fully saturated rings. The van der Waals surface area contributed by atoms with Crippen LogP contribution in [0.15, 0.2) is 6.33 Å². The number of aromatic nitrogens is 3. The summed E-state index contributed by atoms with van der Waals surface area (Å²) in [6.07, 6.45) is 5.92. The Kier molecular flexibility index (Phi) is 6.74. The Bertz CT molecular complexity index is 1060. The van der Waals surface area contributed by atoms with Gasteiger partial charge in [-0.1, -0.05) is 13.3 Å². The molecular weight excluding hydrogens is 406 g/mol. The van der Waals surface area contributed by atoms with Crippen LogP contribution in [0.2, 0.25) is 0 Å². The summed E-state index contributed by atoms with van der Waals surface area (Å²) in [7, 11) is 0. The Labute approximate surface area is 189 Å². The second-order valence-corrected chi connectivity index (χ2v) is 10.2. The van der Waals surface area contributed by atoms with Gasteiger partial charge in [0.2, 0.25) is 0 Å². The maximum atomic E-state index is 6.19. The molecule has 0 amide bonds. The van der Waals surface area contributed by atoms with Crippen LogP contribution >= 0.6 is 11.3 Å². The number of aryl methyl sites for hydroxylation is 1. The summed E-state index contributed by atoms with van der Waals surface area (Å²) in [4.78, 5) is 17.1. The van der Waals surface area contributed by atoms with Crippen LogP contribution < -0.4 is 10.2 Å². The number of likely N-dealkylation sites (N-methyl/N-ethyl adjacent to an activating group) is 1. The van der Waals surface area contributed by atoms with Gasteiger partial charge in [0, 0.05) is 23.1 Å². The van der Waals surface area contributed by atoms with Crippen molar-refractivity contribution >= 4 is 37.6 Å². The molecule has 0 saturated carbocycles. The molecule has 1 aliphatic rings. The van der Waals surface area contributed by atoms with Crippen molar-refractivity contribution in [1.82, 2.24) is 15.0 Å². The van der Waals surface area contributed by atoms with Crippen molar-refractivity contribution in [3.05, 3.63) is 23.1 Å². The summed E-state index contributed by atoms with van der Waals surface area (Å²) < 4.78 is 7.31. The van der Waals surface area contributed by atoms with E-state index in [-0.39, 0.29) is 5.60 Å². The van der Waals surface area contributed by atoms with E-state index >= 15 is 0 Å². The van der Waals surface area contributed by atoms with Gasteiger partial charge in [-0.15, -0.1) is 11.3 Å². The Morgan fingerprint density at radius 1 is 1.16 bits per heavy atom. The van der Waals surface area contributed by atoms with E-state index in [9.17, 15) is 0 Å². The molecule has 2 N–H and O–H groups in total. The lowest BCUT2D eigenvalue weighted by molar-refractivity contribution is -0.894. The lowest BCUT2D eigenvalue weighted by Crippen LogP contribution is -3.12. The predicted octanol–water partition coefficient (Wildman–Crippen LogP) is 3.77. The number of unbranched alkanes of at least 4 members (excludes halogenated alkanes) is 1. The van der Waals surface area contributed by atoms with Crippen molar-refractivity contribution in [2.45, 2.75) is 72.5 Å². The van der Waals surface area contributed by atoms with Crippen LogP contribution in [-0.4, -0.2) is 46.7 Å². The Morgan fingerprint density at radius 2 is 1.97 bits per heavy atom. The Hall–Kier alpha value is -1.83. The number of rotatable bonds is 9. The highest BCUT2D eigenvalue weighted by molar-refractivity contribution is 7.26. The number of pyridine rings is 1. The van der Waals surface area contributed by atoms with E-state index in [1.807, 2.05) is 0 Å². The maximum Gasteiger partial charge on any atom is 0.147 e. The molecule has 0 aliphatic carbocycles. The lowest BCUT2D eigenvalue weighted by Gasteiger charge is -2.33. The minimum Gasteiger partial charge on any atom is -0.370 e. The third-order valence-electron chi connectivity index (χ3n) is 6.45. The monoisotopic (exact) mass is 442 g/mol. The molecule has 1 aliphatic heterocycles. The van der Waals surface area contributed by atoms with Gasteiger partial charge in [0.15, 0.2) is 0 Å². The molecule has 0 saturated heterocycles. The van der Waals surface area contributed by atoms with Crippen LogP contribution in [0.25, 0.3) is 20.4 Å². The van der Waals surface area contributed by atoms with Crippen molar-refractivity contribution in [2.75, 3.05) is 31.5 Å². The van der Waals surface area contributed by atoms with Crippen LogP contribution in [0.5, 0.6) is 0 Å². The second kappa shape index (κ2) is 9.35. The number of anilines is 1. The summed E-state index contributed by atoms with van der Waals surface area (Å²) >= 11 is 1.73. The third-order valence-corrected chi connectivity index (χ3v) is 7.53. The fraction of sp³-hybridized carbons (Fsp3) is 0.625. The lowest BCUT2D eigenvalue weighted by atomic mass is 9.88. The molecule has 4 rings (SSSR count). The van der Waals surface area contributed by atoms with Crippen LogP contribution in [0.3, 0.4) is 0 Å².